The molecule has 0 spiro atoms. The van der Waals surface area contributed by atoms with Gasteiger partial charge in [-0.05, 0) is 104 Å². The number of sulfone groups is 1. The summed E-state index contributed by atoms with van der Waals surface area (Å²) in [6.45, 7) is 7.55. The van der Waals surface area contributed by atoms with Crippen LogP contribution in [0, 0.1) is 6.92 Å². The zero-order valence-corrected chi connectivity index (χ0v) is 22.8. The largest absolute Gasteiger partial charge is 0.489 e. The summed E-state index contributed by atoms with van der Waals surface area (Å²) in [5.74, 6) is 0.667. The van der Waals surface area contributed by atoms with E-state index in [1.165, 1.54) is 0 Å². The highest BCUT2D eigenvalue weighted by Crippen LogP contribution is 2.39. The number of carbonyl (C=O) groups excluding carboxylic acids is 1. The van der Waals surface area contributed by atoms with Gasteiger partial charge in [-0.3, -0.25) is 0 Å². The molecule has 3 heterocycles. The molecule has 1 amide bonds. The number of piperidine rings is 1. The van der Waals surface area contributed by atoms with Crippen molar-refractivity contribution in [2.45, 2.75) is 138 Å². The molecule has 4 fully saturated rings. The van der Waals surface area contributed by atoms with Gasteiger partial charge in [0.05, 0.1) is 29.3 Å². The number of hydrogen-bond acceptors (Lipinski definition) is 7. The maximum atomic E-state index is 12.7. The highest BCUT2D eigenvalue weighted by molar-refractivity contribution is 7.92. The molecule has 5 rings (SSSR count). The number of rotatable bonds is 6. The third-order valence-corrected chi connectivity index (χ3v) is 10.0. The van der Waals surface area contributed by atoms with Crippen molar-refractivity contribution in [3.8, 4) is 5.75 Å². The molecule has 36 heavy (non-hydrogen) atoms. The zero-order chi connectivity index (χ0) is 25.7. The second kappa shape index (κ2) is 9.78. The molecular weight excluding hydrogens is 480 g/mol. The topological polar surface area (TPSA) is 95.0 Å². The maximum Gasteiger partial charge on any atom is 0.410 e. The van der Waals surface area contributed by atoms with E-state index < -0.39 is 15.4 Å². The Bertz CT molecular complexity index is 1060. The average molecular weight is 521 g/mol. The minimum Gasteiger partial charge on any atom is -0.489 e. The van der Waals surface area contributed by atoms with Gasteiger partial charge in [0.1, 0.15) is 11.4 Å². The van der Waals surface area contributed by atoms with Crippen molar-refractivity contribution in [2.24, 2.45) is 0 Å². The predicted molar refractivity (Wildman–Crippen MR) is 135 cm³/mol. The fraction of sp³-hybridized carbons (Fsp3) is 0.778. The number of carbonyl (C=O) groups is 1. The van der Waals surface area contributed by atoms with Crippen molar-refractivity contribution in [2.75, 3.05) is 0 Å². The van der Waals surface area contributed by atoms with E-state index in [1.807, 2.05) is 32.6 Å². The lowest BCUT2D eigenvalue weighted by Gasteiger charge is -2.41. The van der Waals surface area contributed by atoms with Crippen LogP contribution in [0.5, 0.6) is 5.75 Å². The van der Waals surface area contributed by atoms with E-state index in [0.717, 1.165) is 64.2 Å². The lowest BCUT2D eigenvalue weighted by Crippen LogP contribution is -2.50. The Hall–Kier alpha value is -1.87. The van der Waals surface area contributed by atoms with Crippen LogP contribution in [0.4, 0.5) is 4.79 Å². The molecule has 4 aliphatic rings. The number of ether oxygens (including phenoxy) is 3. The Morgan fingerprint density at radius 2 is 1.53 bits per heavy atom. The molecule has 2 atom stereocenters. The van der Waals surface area contributed by atoms with Crippen LogP contribution in [0.3, 0.4) is 0 Å². The van der Waals surface area contributed by atoms with Crippen LogP contribution in [0.2, 0.25) is 0 Å². The summed E-state index contributed by atoms with van der Waals surface area (Å²) in [4.78, 5) is 19.0. The molecule has 8 nitrogen and oxygen atoms in total. The SMILES string of the molecule is Cc1nc(S(=O)(=O)C2CC2)ccc1OC1CCC(OC2C[C@@H]3CC[C@@H](C2)N3C(=O)OC(C)(C)C)CC1. The summed E-state index contributed by atoms with van der Waals surface area (Å²) < 4.78 is 43.3. The molecule has 0 aromatic carbocycles. The molecule has 2 aliphatic carbocycles. The zero-order valence-electron chi connectivity index (χ0n) is 21.9. The van der Waals surface area contributed by atoms with Gasteiger partial charge in [-0.2, -0.15) is 0 Å². The molecule has 2 aliphatic heterocycles. The van der Waals surface area contributed by atoms with Crippen molar-refractivity contribution < 1.29 is 27.4 Å². The van der Waals surface area contributed by atoms with Crippen molar-refractivity contribution in [1.82, 2.24) is 9.88 Å². The Labute approximate surface area is 215 Å². The summed E-state index contributed by atoms with van der Waals surface area (Å²) in [5.41, 5.74) is 0.150. The van der Waals surface area contributed by atoms with Crippen LogP contribution in [0.15, 0.2) is 17.2 Å². The van der Waals surface area contributed by atoms with Crippen LogP contribution in [0.1, 0.15) is 90.7 Å². The Morgan fingerprint density at radius 3 is 2.08 bits per heavy atom. The van der Waals surface area contributed by atoms with Gasteiger partial charge in [0.15, 0.2) is 14.9 Å². The number of aryl methyl sites for hydroxylation is 1. The van der Waals surface area contributed by atoms with Crippen molar-refractivity contribution in [1.29, 1.82) is 0 Å². The van der Waals surface area contributed by atoms with E-state index in [0.29, 0.717) is 11.4 Å². The van der Waals surface area contributed by atoms with Gasteiger partial charge in [-0.15, -0.1) is 0 Å². The minimum atomic E-state index is -3.29. The van der Waals surface area contributed by atoms with Gasteiger partial charge >= 0.3 is 6.09 Å². The first-order valence-corrected chi connectivity index (χ1v) is 15.1. The molecule has 9 heteroatoms. The molecule has 2 saturated heterocycles. The number of amides is 1. The van der Waals surface area contributed by atoms with E-state index in [1.54, 1.807) is 12.1 Å². The summed E-state index contributed by atoms with van der Waals surface area (Å²) in [7, 11) is -3.29. The predicted octanol–water partition coefficient (Wildman–Crippen LogP) is 4.96. The van der Waals surface area contributed by atoms with Crippen LogP contribution < -0.4 is 4.74 Å². The first-order valence-electron chi connectivity index (χ1n) is 13.5. The van der Waals surface area contributed by atoms with E-state index in [2.05, 4.69) is 4.98 Å². The first-order chi connectivity index (χ1) is 17.0. The first kappa shape index (κ1) is 25.8. The molecule has 0 N–H and O–H groups in total. The lowest BCUT2D eigenvalue weighted by atomic mass is 9.93. The maximum absolute atomic E-state index is 12.7. The van der Waals surface area contributed by atoms with Gasteiger partial charge in [-0.1, -0.05) is 0 Å². The summed E-state index contributed by atoms with van der Waals surface area (Å²) >= 11 is 0. The Kier molecular flexibility index (Phi) is 7.00. The van der Waals surface area contributed by atoms with Crippen molar-refractivity contribution in [3.05, 3.63) is 17.8 Å². The highest BCUT2D eigenvalue weighted by Gasteiger charge is 2.46. The lowest BCUT2D eigenvalue weighted by molar-refractivity contribution is -0.0813. The van der Waals surface area contributed by atoms with E-state index in [-0.39, 0.29) is 46.8 Å². The Morgan fingerprint density at radius 1 is 0.917 bits per heavy atom. The molecule has 2 bridgehead atoms. The molecular formula is C27H40N2O6S. The summed E-state index contributed by atoms with van der Waals surface area (Å²) in [6, 6.07) is 3.77. The van der Waals surface area contributed by atoms with Gasteiger partial charge in [0, 0.05) is 12.1 Å². The van der Waals surface area contributed by atoms with Crippen LogP contribution in [-0.2, 0) is 19.3 Å². The third kappa shape index (κ3) is 5.67. The monoisotopic (exact) mass is 520 g/mol. The van der Waals surface area contributed by atoms with Crippen LogP contribution in [-0.4, -0.2) is 65.6 Å². The smallest absolute Gasteiger partial charge is 0.410 e. The van der Waals surface area contributed by atoms with E-state index >= 15 is 0 Å². The van der Waals surface area contributed by atoms with Crippen molar-refractivity contribution in [3.63, 3.8) is 0 Å². The minimum absolute atomic E-state index is 0.0847. The summed E-state index contributed by atoms with van der Waals surface area (Å²) in [6.07, 6.45) is 9.26. The normalized spacial score (nSPS) is 30.8. The van der Waals surface area contributed by atoms with Crippen LogP contribution >= 0.6 is 0 Å². The van der Waals surface area contributed by atoms with E-state index in [4.69, 9.17) is 14.2 Å². The fourth-order valence-electron chi connectivity index (χ4n) is 5.95. The number of fused-ring (bicyclic) bond motifs is 2. The molecule has 1 aromatic rings. The highest BCUT2D eigenvalue weighted by atomic mass is 32.2. The number of pyridine rings is 1. The van der Waals surface area contributed by atoms with Gasteiger partial charge < -0.3 is 19.1 Å². The molecule has 1 aromatic heterocycles. The van der Waals surface area contributed by atoms with Crippen molar-refractivity contribution >= 4 is 15.9 Å². The number of aromatic nitrogens is 1. The van der Waals surface area contributed by atoms with Gasteiger partial charge in [-0.25, -0.2) is 18.2 Å². The Balaban J connectivity index is 1.09. The van der Waals surface area contributed by atoms with Gasteiger partial charge in [0.25, 0.3) is 0 Å². The second-order valence-electron chi connectivity index (χ2n) is 12.0. The van der Waals surface area contributed by atoms with Gasteiger partial charge in [0.2, 0.25) is 0 Å². The fourth-order valence-corrected chi connectivity index (χ4v) is 7.57. The molecule has 200 valence electrons. The quantitative estimate of drug-likeness (QED) is 0.523. The molecule has 2 saturated carbocycles. The van der Waals surface area contributed by atoms with E-state index in [9.17, 15) is 13.2 Å². The number of nitrogens with zero attached hydrogens (tertiary/aromatic N) is 2. The number of hydrogen-bond donors (Lipinski definition) is 0. The molecule has 0 unspecified atom stereocenters. The third-order valence-electron chi connectivity index (χ3n) is 7.86. The average Bonchev–Trinajstić information content (AvgIpc) is 3.61. The molecule has 0 radical (unpaired) electrons. The standard InChI is InChI=1S/C27H40N2O6S/c1-17-24(13-14-25(28-17)36(31,32)23-11-12-23)34-21-9-7-20(8-10-21)33-22-15-18-5-6-19(16-22)29(18)26(30)35-27(2,3)4/h13-14,18-23H,5-12,15-16H2,1-4H3/t18-,19-,20?,21?/m0/s1. The van der Waals surface area contributed by atoms with Crippen LogP contribution in [0.25, 0.3) is 0 Å². The second-order valence-corrected chi connectivity index (χ2v) is 14.2. The summed E-state index contributed by atoms with van der Waals surface area (Å²) in [5, 5.41) is -0.0928.